The Hall–Kier alpha value is -1.57. The molecule has 1 amide bonds. The lowest BCUT2D eigenvalue weighted by Crippen LogP contribution is -2.32. The average molecular weight is 398 g/mol. The summed E-state index contributed by atoms with van der Waals surface area (Å²) >= 11 is 2.25. The van der Waals surface area contributed by atoms with Gasteiger partial charge in [-0.05, 0) is 67.6 Å². The summed E-state index contributed by atoms with van der Waals surface area (Å²) in [5.74, 6) is -0.0762. The maximum atomic E-state index is 12.3. The highest BCUT2D eigenvalue weighted by Crippen LogP contribution is 2.19. The Bertz CT molecular complexity index is 648. The van der Waals surface area contributed by atoms with Gasteiger partial charge in [0.25, 0.3) is 0 Å². The van der Waals surface area contributed by atoms with E-state index in [0.29, 0.717) is 0 Å². The first kappa shape index (κ1) is 15.8. The van der Waals surface area contributed by atoms with E-state index in [4.69, 9.17) is 0 Å². The quantitative estimate of drug-likeness (QED) is 0.779. The van der Waals surface area contributed by atoms with Crippen LogP contribution in [0.25, 0.3) is 0 Å². The zero-order valence-corrected chi connectivity index (χ0v) is 14.7. The summed E-state index contributed by atoms with van der Waals surface area (Å²) in [7, 11) is 1.87. The predicted octanol–water partition coefficient (Wildman–Crippen LogP) is 3.08. The third-order valence-electron chi connectivity index (χ3n) is 3.38. The van der Waals surface area contributed by atoms with Crippen LogP contribution in [0.3, 0.4) is 0 Å². The minimum absolute atomic E-state index is 0.0762. The maximum Gasteiger partial charge on any atom is 0.246 e. The molecule has 0 unspecified atom stereocenters. The van der Waals surface area contributed by atoms with Crippen molar-refractivity contribution < 1.29 is 4.79 Å². The molecule has 1 heterocycles. The van der Waals surface area contributed by atoms with Crippen molar-refractivity contribution in [3.05, 3.63) is 39.2 Å². The summed E-state index contributed by atoms with van der Waals surface area (Å²) in [4.78, 5) is 12.3. The van der Waals surface area contributed by atoms with E-state index in [9.17, 15) is 4.79 Å². The van der Waals surface area contributed by atoms with Gasteiger partial charge in [-0.2, -0.15) is 5.10 Å². The Labute approximate surface area is 138 Å². The molecule has 2 aromatic rings. The maximum absolute atomic E-state index is 12.3. The summed E-state index contributed by atoms with van der Waals surface area (Å²) in [6, 6.07) is 7.61. The van der Waals surface area contributed by atoms with Gasteiger partial charge in [0.2, 0.25) is 5.91 Å². The van der Waals surface area contributed by atoms with Crippen molar-refractivity contribution in [3.8, 4) is 0 Å². The second-order valence-electron chi connectivity index (χ2n) is 5.03. The number of nitrogens with one attached hydrogen (secondary N) is 2. The Morgan fingerprint density at radius 1 is 1.29 bits per heavy atom. The van der Waals surface area contributed by atoms with Gasteiger partial charge in [-0.15, -0.1) is 0 Å². The monoisotopic (exact) mass is 398 g/mol. The third-order valence-corrected chi connectivity index (χ3v) is 4.10. The molecule has 0 aliphatic heterocycles. The number of carbonyl (C=O) groups excluding carboxylic acids is 1. The molecule has 5 nitrogen and oxygen atoms in total. The van der Waals surface area contributed by atoms with Crippen LogP contribution in [0, 0.1) is 17.4 Å². The van der Waals surface area contributed by atoms with E-state index >= 15 is 0 Å². The van der Waals surface area contributed by atoms with Gasteiger partial charge in [0.15, 0.2) is 0 Å². The van der Waals surface area contributed by atoms with Crippen LogP contribution < -0.4 is 10.6 Å². The van der Waals surface area contributed by atoms with Gasteiger partial charge < -0.3 is 10.6 Å². The molecule has 0 aliphatic carbocycles. The normalized spacial score (nSPS) is 12.0. The number of carbonyl (C=O) groups is 1. The van der Waals surface area contributed by atoms with E-state index in [1.165, 1.54) is 0 Å². The third kappa shape index (κ3) is 3.75. The molecule has 0 fully saturated rings. The van der Waals surface area contributed by atoms with Crippen molar-refractivity contribution in [2.24, 2.45) is 7.05 Å². The average Bonchev–Trinajstić information content (AvgIpc) is 2.68. The number of rotatable bonds is 4. The van der Waals surface area contributed by atoms with Crippen LogP contribution in [0.2, 0.25) is 0 Å². The van der Waals surface area contributed by atoms with Crippen LogP contribution in [0.4, 0.5) is 11.4 Å². The second kappa shape index (κ2) is 6.46. The number of hydrogen-bond acceptors (Lipinski definition) is 3. The van der Waals surface area contributed by atoms with Crippen LogP contribution >= 0.6 is 22.6 Å². The summed E-state index contributed by atoms with van der Waals surface area (Å²) in [5, 5.41) is 10.4. The summed E-state index contributed by atoms with van der Waals surface area (Å²) in [6.45, 7) is 5.67. The van der Waals surface area contributed by atoms with Gasteiger partial charge in [-0.1, -0.05) is 0 Å². The topological polar surface area (TPSA) is 59.0 Å². The van der Waals surface area contributed by atoms with Crippen molar-refractivity contribution in [2.45, 2.75) is 26.8 Å². The number of aromatic nitrogens is 2. The Kier molecular flexibility index (Phi) is 4.87. The molecule has 0 saturated carbocycles. The molecule has 0 bridgehead atoms. The van der Waals surface area contributed by atoms with Crippen molar-refractivity contribution in [3.63, 3.8) is 0 Å². The summed E-state index contributed by atoms with van der Waals surface area (Å²) < 4.78 is 2.93. The largest absolute Gasteiger partial charge is 0.374 e. The number of nitrogens with zero attached hydrogens (tertiary/aromatic N) is 2. The molecule has 0 spiro atoms. The standard InChI is InChI=1S/C15H19IN4O/c1-9-14(11(3)20(4)19-9)18-15(21)10(2)17-13-7-5-12(16)6-8-13/h5-8,10,17H,1-4H3,(H,18,21)/t10-/m1/s1. The highest BCUT2D eigenvalue weighted by molar-refractivity contribution is 14.1. The number of benzene rings is 1. The van der Waals surface area contributed by atoms with E-state index in [0.717, 1.165) is 26.3 Å². The highest BCUT2D eigenvalue weighted by Gasteiger charge is 2.17. The van der Waals surface area contributed by atoms with Crippen LogP contribution in [-0.4, -0.2) is 21.7 Å². The molecular formula is C15H19IN4O. The predicted molar refractivity (Wildman–Crippen MR) is 93.6 cm³/mol. The molecule has 1 atom stereocenters. The second-order valence-corrected chi connectivity index (χ2v) is 6.28. The van der Waals surface area contributed by atoms with Crippen molar-refractivity contribution >= 4 is 39.9 Å². The molecule has 112 valence electrons. The van der Waals surface area contributed by atoms with Crippen LogP contribution in [0.15, 0.2) is 24.3 Å². The zero-order valence-electron chi connectivity index (χ0n) is 12.6. The molecule has 2 N–H and O–H groups in total. The molecule has 0 aliphatic rings. The van der Waals surface area contributed by atoms with Gasteiger partial charge in [0.1, 0.15) is 6.04 Å². The van der Waals surface area contributed by atoms with Crippen molar-refractivity contribution in [1.29, 1.82) is 0 Å². The Balaban J connectivity index is 2.04. The van der Waals surface area contributed by atoms with Crippen molar-refractivity contribution in [2.75, 3.05) is 10.6 Å². The zero-order chi connectivity index (χ0) is 15.6. The molecule has 1 aromatic carbocycles. The number of hydrogen-bond donors (Lipinski definition) is 2. The first-order chi connectivity index (χ1) is 9.88. The molecule has 6 heteroatoms. The lowest BCUT2D eigenvalue weighted by atomic mass is 10.2. The van der Waals surface area contributed by atoms with Gasteiger partial charge in [-0.3, -0.25) is 9.48 Å². The van der Waals surface area contributed by atoms with Gasteiger partial charge in [-0.25, -0.2) is 0 Å². The number of aryl methyl sites for hydroxylation is 2. The van der Waals surface area contributed by atoms with Crippen molar-refractivity contribution in [1.82, 2.24) is 9.78 Å². The summed E-state index contributed by atoms with van der Waals surface area (Å²) in [6.07, 6.45) is 0. The molecular weight excluding hydrogens is 379 g/mol. The number of halogens is 1. The van der Waals surface area contributed by atoms with Crippen LogP contribution in [-0.2, 0) is 11.8 Å². The minimum Gasteiger partial charge on any atom is -0.374 e. The first-order valence-electron chi connectivity index (χ1n) is 6.71. The fraction of sp³-hybridized carbons (Fsp3) is 0.333. The fourth-order valence-corrected chi connectivity index (χ4v) is 2.41. The van der Waals surface area contributed by atoms with Crippen LogP contribution in [0.1, 0.15) is 18.3 Å². The van der Waals surface area contributed by atoms with Gasteiger partial charge >= 0.3 is 0 Å². The van der Waals surface area contributed by atoms with E-state index in [-0.39, 0.29) is 11.9 Å². The molecule has 0 saturated heterocycles. The highest BCUT2D eigenvalue weighted by atomic mass is 127. The molecule has 2 rings (SSSR count). The summed E-state index contributed by atoms with van der Waals surface area (Å²) in [5.41, 5.74) is 3.49. The number of amides is 1. The first-order valence-corrected chi connectivity index (χ1v) is 7.79. The fourth-order valence-electron chi connectivity index (χ4n) is 2.05. The van der Waals surface area contributed by atoms with E-state index in [1.54, 1.807) is 4.68 Å². The Morgan fingerprint density at radius 2 is 1.90 bits per heavy atom. The smallest absolute Gasteiger partial charge is 0.246 e. The SMILES string of the molecule is Cc1nn(C)c(C)c1NC(=O)[C@@H](C)Nc1ccc(I)cc1. The van der Waals surface area contributed by atoms with E-state index in [2.05, 4.69) is 38.3 Å². The number of anilines is 2. The minimum atomic E-state index is -0.330. The molecule has 21 heavy (non-hydrogen) atoms. The van der Waals surface area contributed by atoms with Crippen LogP contribution in [0.5, 0.6) is 0 Å². The van der Waals surface area contributed by atoms with Gasteiger partial charge in [0.05, 0.1) is 17.1 Å². The Morgan fingerprint density at radius 3 is 2.43 bits per heavy atom. The molecule has 0 radical (unpaired) electrons. The lowest BCUT2D eigenvalue weighted by molar-refractivity contribution is -0.116. The lowest BCUT2D eigenvalue weighted by Gasteiger charge is -2.15. The molecule has 1 aromatic heterocycles. The van der Waals surface area contributed by atoms with Gasteiger partial charge in [0, 0.05) is 16.3 Å². The van der Waals surface area contributed by atoms with E-state index < -0.39 is 0 Å². The van der Waals surface area contributed by atoms with E-state index in [1.807, 2.05) is 52.1 Å².